The number of hydrogen-bond donors (Lipinski definition) is 1. The van der Waals surface area contributed by atoms with Crippen LogP contribution in [0.5, 0.6) is 5.88 Å². The van der Waals surface area contributed by atoms with Crippen molar-refractivity contribution in [3.63, 3.8) is 0 Å². The molecule has 0 aliphatic rings. The molecule has 2 N–H and O–H groups in total. The van der Waals surface area contributed by atoms with Crippen LogP contribution in [0.3, 0.4) is 0 Å². The molecule has 0 aliphatic carbocycles. The number of rotatable bonds is 7. The van der Waals surface area contributed by atoms with Crippen molar-refractivity contribution in [3.8, 4) is 17.0 Å². The Labute approximate surface area is 167 Å². The smallest absolute Gasteiger partial charge is 0.269 e. The molecule has 0 bridgehead atoms. The summed E-state index contributed by atoms with van der Waals surface area (Å²) >= 11 is 0. The average Bonchev–Trinajstić information content (AvgIpc) is 2.64. The number of alkyl halides is 2. The van der Waals surface area contributed by atoms with Crippen LogP contribution >= 0.6 is 0 Å². The number of fused-ring (bicyclic) bond motifs is 1. The first-order valence-electron chi connectivity index (χ1n) is 9.38. The monoisotopic (exact) mass is 403 g/mol. The maximum absolute atomic E-state index is 13.7. The molecule has 0 radical (unpaired) electrons. The van der Waals surface area contributed by atoms with Crippen molar-refractivity contribution in [3.05, 3.63) is 54.1 Å². The van der Waals surface area contributed by atoms with Crippen LogP contribution in [-0.4, -0.2) is 22.1 Å². The van der Waals surface area contributed by atoms with Gasteiger partial charge in [-0.15, -0.1) is 0 Å². The molecule has 7 heteroatoms. The van der Waals surface area contributed by atoms with Gasteiger partial charge in [0.1, 0.15) is 5.82 Å². The predicted molar refractivity (Wildman–Crippen MR) is 107 cm³/mol. The van der Waals surface area contributed by atoms with Gasteiger partial charge in [-0.2, -0.15) is 0 Å². The van der Waals surface area contributed by atoms with Crippen LogP contribution < -0.4 is 10.5 Å². The SMILES string of the molecule is C[C@H](COc1ncc(-c2ccnc3cc(F)ccc23)cc1C(F)F)CC(C)(C)N. The maximum atomic E-state index is 13.7. The second kappa shape index (κ2) is 8.37. The number of pyridine rings is 2. The molecular formula is C22H24F3N3O. The number of hydrogen-bond acceptors (Lipinski definition) is 4. The minimum Gasteiger partial charge on any atom is -0.477 e. The zero-order valence-corrected chi connectivity index (χ0v) is 16.6. The van der Waals surface area contributed by atoms with Crippen molar-refractivity contribution in [2.24, 2.45) is 11.7 Å². The van der Waals surface area contributed by atoms with Gasteiger partial charge in [-0.25, -0.2) is 18.2 Å². The second-order valence-electron chi connectivity index (χ2n) is 8.05. The van der Waals surface area contributed by atoms with E-state index >= 15 is 0 Å². The van der Waals surface area contributed by atoms with Gasteiger partial charge in [0, 0.05) is 34.9 Å². The van der Waals surface area contributed by atoms with E-state index in [0.29, 0.717) is 28.5 Å². The quantitative estimate of drug-likeness (QED) is 0.565. The van der Waals surface area contributed by atoms with Crippen LogP contribution in [0.2, 0.25) is 0 Å². The molecule has 1 aromatic carbocycles. The third-order valence-corrected chi connectivity index (χ3v) is 4.51. The Morgan fingerprint density at radius 3 is 2.59 bits per heavy atom. The molecule has 4 nitrogen and oxygen atoms in total. The lowest BCUT2D eigenvalue weighted by atomic mass is 9.93. The third kappa shape index (κ3) is 5.23. The van der Waals surface area contributed by atoms with Crippen LogP contribution in [0.4, 0.5) is 13.2 Å². The Morgan fingerprint density at radius 2 is 1.90 bits per heavy atom. The number of nitrogens with zero attached hydrogens (tertiary/aromatic N) is 2. The summed E-state index contributed by atoms with van der Waals surface area (Å²) in [5.41, 5.74) is 6.93. The molecule has 0 saturated heterocycles. The van der Waals surface area contributed by atoms with Gasteiger partial charge >= 0.3 is 0 Å². The molecule has 29 heavy (non-hydrogen) atoms. The highest BCUT2D eigenvalue weighted by atomic mass is 19.3. The van der Waals surface area contributed by atoms with E-state index in [2.05, 4.69) is 9.97 Å². The Kier molecular flexibility index (Phi) is 6.07. The predicted octanol–water partition coefficient (Wildman–Crippen LogP) is 5.52. The van der Waals surface area contributed by atoms with Gasteiger partial charge in [-0.05, 0) is 56.0 Å². The van der Waals surface area contributed by atoms with Gasteiger partial charge in [-0.3, -0.25) is 4.98 Å². The molecule has 0 fully saturated rings. The first-order valence-corrected chi connectivity index (χ1v) is 9.38. The molecule has 2 heterocycles. The van der Waals surface area contributed by atoms with E-state index in [-0.39, 0.29) is 29.5 Å². The fourth-order valence-electron chi connectivity index (χ4n) is 3.44. The van der Waals surface area contributed by atoms with E-state index < -0.39 is 12.2 Å². The van der Waals surface area contributed by atoms with Crippen LogP contribution in [0.15, 0.2) is 42.7 Å². The summed E-state index contributed by atoms with van der Waals surface area (Å²) in [5.74, 6) is -0.414. The van der Waals surface area contributed by atoms with Crippen molar-refractivity contribution < 1.29 is 17.9 Å². The fraction of sp³-hybridized carbons (Fsp3) is 0.364. The van der Waals surface area contributed by atoms with Crippen LogP contribution in [-0.2, 0) is 0 Å². The van der Waals surface area contributed by atoms with Crippen molar-refractivity contribution in [1.82, 2.24) is 9.97 Å². The molecule has 0 unspecified atom stereocenters. The van der Waals surface area contributed by atoms with Crippen LogP contribution in [0.1, 0.15) is 39.2 Å². The van der Waals surface area contributed by atoms with Crippen molar-refractivity contribution in [1.29, 1.82) is 0 Å². The van der Waals surface area contributed by atoms with Crippen molar-refractivity contribution >= 4 is 10.9 Å². The van der Waals surface area contributed by atoms with E-state index in [4.69, 9.17) is 10.5 Å². The van der Waals surface area contributed by atoms with Gasteiger partial charge in [-0.1, -0.05) is 6.92 Å². The lowest BCUT2D eigenvalue weighted by Crippen LogP contribution is -2.35. The number of aromatic nitrogens is 2. The highest BCUT2D eigenvalue weighted by Gasteiger charge is 2.20. The molecule has 1 atom stereocenters. The summed E-state index contributed by atoms with van der Waals surface area (Å²) in [6, 6.07) is 7.25. The number of halogens is 3. The van der Waals surface area contributed by atoms with Gasteiger partial charge in [0.15, 0.2) is 0 Å². The lowest BCUT2D eigenvalue weighted by Gasteiger charge is -2.23. The molecule has 3 aromatic rings. The highest BCUT2D eigenvalue weighted by Crippen LogP contribution is 2.34. The van der Waals surface area contributed by atoms with E-state index in [1.54, 1.807) is 12.1 Å². The molecule has 0 spiro atoms. The third-order valence-electron chi connectivity index (χ3n) is 4.51. The summed E-state index contributed by atoms with van der Waals surface area (Å²) < 4.78 is 46.4. The first kappa shape index (κ1) is 21.0. The standard InChI is InChI=1S/C22H24F3N3O/c1-13(10-22(2,3)26)12-29-21-18(20(24)25)8-14(11-28-21)16-6-7-27-19-9-15(23)4-5-17(16)19/h4-9,11,13,20H,10,12,26H2,1-3H3/t13-/m0/s1. The summed E-state index contributed by atoms with van der Waals surface area (Å²) in [6.07, 6.45) is 0.940. The molecular weight excluding hydrogens is 379 g/mol. The lowest BCUT2D eigenvalue weighted by molar-refractivity contribution is 0.140. The molecule has 154 valence electrons. The number of nitrogens with two attached hydrogens (primary N) is 1. The van der Waals surface area contributed by atoms with E-state index in [9.17, 15) is 13.2 Å². The molecule has 0 aliphatic heterocycles. The second-order valence-corrected chi connectivity index (χ2v) is 8.05. The Bertz CT molecular complexity index is 1000. The van der Waals surface area contributed by atoms with Gasteiger partial charge in [0.25, 0.3) is 6.43 Å². The summed E-state index contributed by atoms with van der Waals surface area (Å²) in [6.45, 7) is 6.01. The van der Waals surface area contributed by atoms with Crippen molar-refractivity contribution in [2.45, 2.75) is 39.2 Å². The van der Waals surface area contributed by atoms with E-state index in [0.717, 1.165) is 0 Å². The maximum Gasteiger partial charge on any atom is 0.269 e. The minimum atomic E-state index is -2.75. The summed E-state index contributed by atoms with van der Waals surface area (Å²) in [5, 5.41) is 0.656. The molecule has 0 amide bonds. The zero-order valence-electron chi connectivity index (χ0n) is 16.6. The minimum absolute atomic E-state index is 0.0843. The normalized spacial score (nSPS) is 13.1. The highest BCUT2D eigenvalue weighted by molar-refractivity contribution is 5.94. The number of benzene rings is 1. The largest absolute Gasteiger partial charge is 0.477 e. The fourth-order valence-corrected chi connectivity index (χ4v) is 3.44. The summed E-state index contributed by atoms with van der Waals surface area (Å²) in [7, 11) is 0. The summed E-state index contributed by atoms with van der Waals surface area (Å²) in [4.78, 5) is 8.28. The van der Waals surface area contributed by atoms with Crippen LogP contribution in [0, 0.1) is 11.7 Å². The van der Waals surface area contributed by atoms with Gasteiger partial charge < -0.3 is 10.5 Å². The van der Waals surface area contributed by atoms with Crippen molar-refractivity contribution in [2.75, 3.05) is 6.61 Å². The Balaban J connectivity index is 1.91. The van der Waals surface area contributed by atoms with Crippen LogP contribution in [0.25, 0.3) is 22.0 Å². The molecule has 3 rings (SSSR count). The van der Waals surface area contributed by atoms with Gasteiger partial charge in [0.05, 0.1) is 17.7 Å². The Hall–Kier alpha value is -2.67. The Morgan fingerprint density at radius 1 is 1.14 bits per heavy atom. The first-order chi connectivity index (χ1) is 13.6. The topological polar surface area (TPSA) is 61.0 Å². The van der Waals surface area contributed by atoms with Gasteiger partial charge in [0.2, 0.25) is 5.88 Å². The molecule has 2 aromatic heterocycles. The average molecular weight is 403 g/mol. The molecule has 0 saturated carbocycles. The number of ether oxygens (including phenoxy) is 1. The van der Waals surface area contributed by atoms with E-state index in [1.807, 2.05) is 20.8 Å². The zero-order chi connectivity index (χ0) is 21.2. The van der Waals surface area contributed by atoms with E-state index in [1.165, 1.54) is 30.6 Å².